The van der Waals surface area contributed by atoms with Gasteiger partial charge in [0.15, 0.2) is 24.4 Å². The van der Waals surface area contributed by atoms with Crippen molar-refractivity contribution in [2.45, 2.75) is 69.7 Å². The van der Waals surface area contributed by atoms with Crippen LogP contribution >= 0.6 is 11.3 Å². The van der Waals surface area contributed by atoms with Crippen molar-refractivity contribution in [1.82, 2.24) is 19.5 Å². The molecular weight excluding hydrogens is 837 g/mol. The quantitative estimate of drug-likeness (QED) is 0.136. The molecule has 4 aliphatic heterocycles. The Kier molecular flexibility index (Phi) is 15.0. The molecule has 3 saturated heterocycles. The zero-order valence-electron chi connectivity index (χ0n) is 34.4. The predicted octanol–water partition coefficient (Wildman–Crippen LogP) is 3.29. The van der Waals surface area contributed by atoms with E-state index in [2.05, 4.69) is 10.3 Å². The van der Waals surface area contributed by atoms with E-state index in [1.54, 1.807) is 24.3 Å². The van der Waals surface area contributed by atoms with E-state index in [1.165, 1.54) is 33.8 Å². The minimum atomic E-state index is -4.28. The fourth-order valence-electron chi connectivity index (χ4n) is 7.39. The van der Waals surface area contributed by atoms with Gasteiger partial charge in [-0.15, -0.1) is 11.3 Å². The third-order valence-corrected chi connectivity index (χ3v) is 13.1. The van der Waals surface area contributed by atoms with Crippen molar-refractivity contribution < 1.29 is 65.4 Å². The van der Waals surface area contributed by atoms with Crippen LogP contribution in [-0.4, -0.2) is 138 Å². The van der Waals surface area contributed by atoms with Crippen LogP contribution in [0.2, 0.25) is 0 Å². The van der Waals surface area contributed by atoms with Gasteiger partial charge in [0.25, 0.3) is 0 Å². The number of hydrogen-bond acceptors (Lipinski definition) is 17. The number of alkyl carbamates (subject to hydrolysis) is 1. The molecule has 0 saturated carbocycles. The zero-order valence-corrected chi connectivity index (χ0v) is 36.0. The lowest BCUT2D eigenvalue weighted by molar-refractivity contribution is -0.164. The van der Waals surface area contributed by atoms with Gasteiger partial charge in [0.2, 0.25) is 16.8 Å². The second kappa shape index (κ2) is 20.5. The van der Waals surface area contributed by atoms with Crippen LogP contribution in [0.5, 0.6) is 17.2 Å². The lowest BCUT2D eigenvalue weighted by Crippen LogP contribution is -2.53. The van der Waals surface area contributed by atoms with Gasteiger partial charge in [-0.25, -0.2) is 23.0 Å². The molecule has 332 valence electrons. The summed E-state index contributed by atoms with van der Waals surface area (Å²) in [6, 6.07) is 10.4. The number of carbonyl (C=O) groups excluding carboxylic acids is 3. The molecule has 18 nitrogen and oxygen atoms in total. The number of rotatable bonds is 19. The van der Waals surface area contributed by atoms with Gasteiger partial charge in [0, 0.05) is 31.1 Å². The van der Waals surface area contributed by atoms with E-state index >= 15 is 0 Å². The molecule has 5 atom stereocenters. The number of aryl methyl sites for hydroxylation is 1. The molecule has 3 fully saturated rings. The molecule has 3 aromatic rings. The maximum absolute atomic E-state index is 14.5. The average molecular weight is 889 g/mol. The van der Waals surface area contributed by atoms with Crippen LogP contribution in [0.15, 0.2) is 52.7 Å². The molecular formula is C41H52N4O14S2. The van der Waals surface area contributed by atoms with Crippen LogP contribution in [-0.2, 0) is 61.1 Å². The van der Waals surface area contributed by atoms with E-state index in [4.69, 9.17) is 42.6 Å². The van der Waals surface area contributed by atoms with Gasteiger partial charge < -0.3 is 47.9 Å². The molecule has 1 amide bonds. The lowest BCUT2D eigenvalue weighted by atomic mass is 10.0. The van der Waals surface area contributed by atoms with Gasteiger partial charge in [-0.05, 0) is 55.5 Å². The fraction of sp³-hybridized carbons (Fsp3) is 0.561. The molecule has 0 spiro atoms. The molecule has 0 radical (unpaired) electrons. The first-order valence-corrected chi connectivity index (χ1v) is 22.6. The summed E-state index contributed by atoms with van der Waals surface area (Å²) in [5.74, 6) is -0.656. The summed E-state index contributed by atoms with van der Waals surface area (Å²) in [6.45, 7) is 7.31. The second-order valence-electron chi connectivity index (χ2n) is 15.5. The highest BCUT2D eigenvalue weighted by atomic mass is 32.2. The van der Waals surface area contributed by atoms with Crippen molar-refractivity contribution in [3.63, 3.8) is 0 Å². The summed E-state index contributed by atoms with van der Waals surface area (Å²) in [6.07, 6.45) is -2.51. The maximum atomic E-state index is 14.5. The van der Waals surface area contributed by atoms with Crippen LogP contribution in [0.4, 0.5) is 4.79 Å². The molecule has 7 rings (SSSR count). The van der Waals surface area contributed by atoms with Crippen molar-refractivity contribution >= 4 is 39.4 Å². The SMILES string of the molecule is Cc1nc(COc2ccc(C[C@H](NC(=O)O[C@H]3CO[C@H]4OCC[C@H]43)[C@@H](CN(CC(C)C)S(=O)(=O)c3ccc4c(c3)OCO4)OC(=O)COC(=O)CN3CCOCC3)cc2)cs1. The van der Waals surface area contributed by atoms with Crippen LogP contribution in [0.3, 0.4) is 0 Å². The lowest BCUT2D eigenvalue weighted by Gasteiger charge is -2.33. The van der Waals surface area contributed by atoms with Crippen molar-refractivity contribution in [2.75, 3.05) is 72.6 Å². The molecule has 1 aromatic heterocycles. The molecule has 1 N–H and O–H groups in total. The fourth-order valence-corrected chi connectivity index (χ4v) is 9.62. The summed E-state index contributed by atoms with van der Waals surface area (Å²) in [4.78, 5) is 46.5. The highest BCUT2D eigenvalue weighted by Crippen LogP contribution is 2.36. The van der Waals surface area contributed by atoms with Crippen molar-refractivity contribution in [3.05, 3.63) is 64.1 Å². The first kappa shape index (κ1) is 44.5. The minimum Gasteiger partial charge on any atom is -0.487 e. The predicted molar refractivity (Wildman–Crippen MR) is 217 cm³/mol. The summed E-state index contributed by atoms with van der Waals surface area (Å²) in [5.41, 5.74) is 1.50. The van der Waals surface area contributed by atoms with Gasteiger partial charge in [-0.2, -0.15) is 4.31 Å². The number of sulfonamides is 1. The van der Waals surface area contributed by atoms with Gasteiger partial charge >= 0.3 is 18.0 Å². The number of hydrogen-bond donors (Lipinski definition) is 1. The molecule has 61 heavy (non-hydrogen) atoms. The molecule has 0 bridgehead atoms. The van der Waals surface area contributed by atoms with Gasteiger partial charge in [0.1, 0.15) is 24.6 Å². The van der Waals surface area contributed by atoms with Gasteiger partial charge in [0.05, 0.1) is 67.1 Å². The van der Waals surface area contributed by atoms with E-state index in [1.807, 2.05) is 31.1 Å². The van der Waals surface area contributed by atoms with E-state index in [-0.39, 0.29) is 62.0 Å². The Hall–Kier alpha value is -4.57. The standard InChI is InChI=1S/C41H52N4O14S2/c1-26(2)18-45(61(49,50)31-8-9-34-35(17-31)57-25-56-34)19-36(58-39(47)23-54-38(46)20-44-11-14-51-15-12-44)33(43-41(48)59-37-22-55-40-32(37)10-13-52-40)16-28-4-6-30(7-5-28)53-21-29-24-60-27(3)42-29/h4-9,17,24,26,32-33,36-37,40H,10-16,18-23,25H2,1-3H3,(H,43,48)/t32-,33-,36+,37-,40+/m0/s1. The number of ether oxygens (including phenoxy) is 9. The van der Waals surface area contributed by atoms with E-state index in [0.29, 0.717) is 56.4 Å². The largest absolute Gasteiger partial charge is 0.487 e. The third kappa shape index (κ3) is 12.1. The van der Waals surface area contributed by atoms with Crippen LogP contribution in [0.25, 0.3) is 0 Å². The number of aromatic nitrogens is 1. The number of carbonyl (C=O) groups is 3. The monoisotopic (exact) mass is 888 g/mol. The van der Waals surface area contributed by atoms with Crippen molar-refractivity contribution in [3.8, 4) is 17.2 Å². The van der Waals surface area contributed by atoms with E-state index < -0.39 is 65.7 Å². The van der Waals surface area contributed by atoms with E-state index in [9.17, 15) is 22.8 Å². The summed E-state index contributed by atoms with van der Waals surface area (Å²) < 4.78 is 80.9. The Balaban J connectivity index is 1.15. The average Bonchev–Trinajstić information content (AvgIpc) is 4.06. The molecule has 0 unspecified atom stereocenters. The number of esters is 2. The number of nitrogens with one attached hydrogen (secondary N) is 1. The summed E-state index contributed by atoms with van der Waals surface area (Å²) in [5, 5.41) is 5.75. The first-order valence-electron chi connectivity index (χ1n) is 20.3. The van der Waals surface area contributed by atoms with Crippen LogP contribution < -0.4 is 19.5 Å². The minimum absolute atomic E-state index is 0.0174. The number of benzene rings is 2. The van der Waals surface area contributed by atoms with Crippen molar-refractivity contribution in [2.24, 2.45) is 11.8 Å². The first-order chi connectivity index (χ1) is 29.4. The molecule has 5 heterocycles. The van der Waals surface area contributed by atoms with Crippen molar-refractivity contribution in [1.29, 1.82) is 0 Å². The number of thiazole rings is 1. The Labute approximate surface area is 358 Å². The van der Waals surface area contributed by atoms with Gasteiger partial charge in [-0.3, -0.25) is 9.69 Å². The number of nitrogens with zero attached hydrogens (tertiary/aromatic N) is 3. The third-order valence-electron chi connectivity index (χ3n) is 10.5. The Morgan fingerprint density at radius 3 is 2.54 bits per heavy atom. The second-order valence-corrected chi connectivity index (χ2v) is 18.5. The molecule has 20 heteroatoms. The summed E-state index contributed by atoms with van der Waals surface area (Å²) in [7, 11) is -4.28. The summed E-state index contributed by atoms with van der Waals surface area (Å²) >= 11 is 1.53. The highest BCUT2D eigenvalue weighted by Gasteiger charge is 2.44. The smallest absolute Gasteiger partial charge is 0.407 e. The Bertz CT molecular complexity index is 2080. The Morgan fingerprint density at radius 2 is 1.79 bits per heavy atom. The molecule has 4 aliphatic rings. The van der Waals surface area contributed by atoms with Crippen LogP contribution in [0.1, 0.15) is 36.5 Å². The Morgan fingerprint density at radius 1 is 1.00 bits per heavy atom. The normalized spacial score (nSPS) is 20.9. The number of morpholine rings is 1. The molecule has 2 aromatic carbocycles. The van der Waals surface area contributed by atoms with Gasteiger partial charge in [-0.1, -0.05) is 26.0 Å². The van der Waals surface area contributed by atoms with E-state index in [0.717, 1.165) is 10.7 Å². The number of amides is 1. The highest BCUT2D eigenvalue weighted by molar-refractivity contribution is 7.89. The number of fused-ring (bicyclic) bond motifs is 2. The topological polar surface area (TPSA) is 200 Å². The maximum Gasteiger partial charge on any atom is 0.407 e. The van der Waals surface area contributed by atoms with Crippen LogP contribution in [0, 0.1) is 18.8 Å². The zero-order chi connectivity index (χ0) is 42.9. The molecule has 0 aliphatic carbocycles.